The lowest BCUT2D eigenvalue weighted by Crippen LogP contribution is -2.39. The fourth-order valence-corrected chi connectivity index (χ4v) is 5.11. The molecule has 5 rings (SSSR count). The fourth-order valence-electron chi connectivity index (χ4n) is 4.34. The molecule has 0 radical (unpaired) electrons. The van der Waals surface area contributed by atoms with Gasteiger partial charge in [0.15, 0.2) is 0 Å². The lowest BCUT2D eigenvalue weighted by molar-refractivity contribution is -0.120. The van der Waals surface area contributed by atoms with Gasteiger partial charge in [-0.1, -0.05) is 18.6 Å². The van der Waals surface area contributed by atoms with Crippen molar-refractivity contribution < 1.29 is 9.18 Å². The molecule has 156 valence electrons. The monoisotopic (exact) mass is 424 g/mol. The summed E-state index contributed by atoms with van der Waals surface area (Å²) >= 11 is 1.72. The third-order valence-electron chi connectivity index (χ3n) is 6.40. The molecule has 5 nitrogen and oxygen atoms in total. The second-order valence-corrected chi connectivity index (χ2v) is 9.40. The number of nitrogens with zero attached hydrogens (tertiary/aromatic N) is 3. The van der Waals surface area contributed by atoms with Crippen molar-refractivity contribution >= 4 is 39.7 Å². The molecule has 7 heteroatoms. The zero-order chi connectivity index (χ0) is 20.7. The van der Waals surface area contributed by atoms with Gasteiger partial charge in [-0.3, -0.25) is 4.79 Å². The van der Waals surface area contributed by atoms with E-state index in [1.165, 1.54) is 30.2 Å². The molecule has 3 aromatic rings. The van der Waals surface area contributed by atoms with Crippen LogP contribution in [0.3, 0.4) is 0 Å². The molecule has 0 spiro atoms. The summed E-state index contributed by atoms with van der Waals surface area (Å²) in [6.45, 7) is 3.65. The SMILES string of the molecule is Cc1scc2nc(C3CCC3)nc(N3CCC(C(=O)Nc4ccccc4F)CC3)c12. The predicted octanol–water partition coefficient (Wildman–Crippen LogP) is 5.26. The maximum atomic E-state index is 13.9. The average Bonchev–Trinajstić information content (AvgIpc) is 3.09. The number of aromatic nitrogens is 2. The molecule has 1 saturated carbocycles. The molecule has 0 bridgehead atoms. The van der Waals surface area contributed by atoms with E-state index in [0.29, 0.717) is 5.92 Å². The quantitative estimate of drug-likeness (QED) is 0.621. The molecular formula is C23H25FN4OS. The molecule has 2 fully saturated rings. The minimum Gasteiger partial charge on any atom is -0.356 e. The molecular weight excluding hydrogens is 399 g/mol. The number of carbonyl (C=O) groups excluding carboxylic acids is 1. The van der Waals surface area contributed by atoms with Crippen molar-refractivity contribution in [3.05, 3.63) is 46.2 Å². The Morgan fingerprint density at radius 1 is 1.17 bits per heavy atom. The standard InChI is InChI=1S/C23H25FN4OS/c1-14-20-19(13-30-14)25-21(15-5-4-6-15)27-22(20)28-11-9-16(10-12-28)23(29)26-18-8-3-2-7-17(18)24/h2-3,7-8,13,15-16H,4-6,9-12H2,1H3,(H,26,29). The first-order valence-corrected chi connectivity index (χ1v) is 11.5. The summed E-state index contributed by atoms with van der Waals surface area (Å²) in [6.07, 6.45) is 5.06. The van der Waals surface area contributed by atoms with E-state index in [9.17, 15) is 9.18 Å². The van der Waals surface area contributed by atoms with Gasteiger partial charge in [0.05, 0.1) is 16.6 Å². The van der Waals surface area contributed by atoms with Crippen LogP contribution in [0.1, 0.15) is 48.7 Å². The number of anilines is 2. The van der Waals surface area contributed by atoms with Crippen LogP contribution in [0.2, 0.25) is 0 Å². The van der Waals surface area contributed by atoms with E-state index in [0.717, 1.165) is 48.5 Å². The van der Waals surface area contributed by atoms with Crippen LogP contribution in [0.25, 0.3) is 10.9 Å². The molecule has 2 aliphatic rings. The number of amides is 1. The number of hydrogen-bond acceptors (Lipinski definition) is 5. The van der Waals surface area contributed by atoms with Crippen LogP contribution in [0.4, 0.5) is 15.9 Å². The second-order valence-electron chi connectivity index (χ2n) is 8.32. The summed E-state index contributed by atoms with van der Waals surface area (Å²) in [5.41, 5.74) is 1.30. The lowest BCUT2D eigenvalue weighted by atomic mass is 9.85. The van der Waals surface area contributed by atoms with Gasteiger partial charge in [-0.25, -0.2) is 14.4 Å². The molecule has 3 heterocycles. The minimum absolute atomic E-state index is 0.102. The zero-order valence-corrected chi connectivity index (χ0v) is 17.8. The van der Waals surface area contributed by atoms with Gasteiger partial charge in [0.2, 0.25) is 5.91 Å². The summed E-state index contributed by atoms with van der Waals surface area (Å²) in [6, 6.07) is 6.31. The topological polar surface area (TPSA) is 58.1 Å². The molecule has 1 aromatic carbocycles. The molecule has 0 unspecified atom stereocenters. The van der Waals surface area contributed by atoms with E-state index in [-0.39, 0.29) is 17.5 Å². The Morgan fingerprint density at radius 2 is 1.93 bits per heavy atom. The van der Waals surface area contributed by atoms with Gasteiger partial charge >= 0.3 is 0 Å². The maximum Gasteiger partial charge on any atom is 0.227 e. The number of carbonyl (C=O) groups is 1. The second kappa shape index (κ2) is 7.95. The zero-order valence-electron chi connectivity index (χ0n) is 17.0. The number of piperidine rings is 1. The highest BCUT2D eigenvalue weighted by atomic mass is 32.1. The van der Waals surface area contributed by atoms with E-state index < -0.39 is 5.82 Å². The number of nitrogens with one attached hydrogen (secondary N) is 1. The Labute approximate surface area is 179 Å². The van der Waals surface area contributed by atoms with Gasteiger partial charge in [-0.2, -0.15) is 0 Å². The van der Waals surface area contributed by atoms with Gasteiger partial charge < -0.3 is 10.2 Å². The van der Waals surface area contributed by atoms with Crippen molar-refractivity contribution in [2.45, 2.75) is 44.9 Å². The van der Waals surface area contributed by atoms with Crippen LogP contribution in [-0.2, 0) is 4.79 Å². The first-order valence-electron chi connectivity index (χ1n) is 10.7. The van der Waals surface area contributed by atoms with Crippen LogP contribution in [0.5, 0.6) is 0 Å². The Bertz CT molecular complexity index is 1090. The Kier molecular flexibility index (Phi) is 5.15. The van der Waals surface area contributed by atoms with E-state index in [4.69, 9.17) is 9.97 Å². The van der Waals surface area contributed by atoms with Crippen LogP contribution >= 0.6 is 11.3 Å². The Hall–Kier alpha value is -2.54. The van der Waals surface area contributed by atoms with Gasteiger partial charge in [0.1, 0.15) is 17.5 Å². The molecule has 30 heavy (non-hydrogen) atoms. The minimum atomic E-state index is -0.400. The molecule has 1 amide bonds. The van der Waals surface area contributed by atoms with Crippen LogP contribution < -0.4 is 10.2 Å². The summed E-state index contributed by atoms with van der Waals surface area (Å²) in [7, 11) is 0. The molecule has 2 aromatic heterocycles. The van der Waals surface area contributed by atoms with Crippen molar-refractivity contribution in [1.82, 2.24) is 9.97 Å². The number of benzene rings is 1. The summed E-state index contributed by atoms with van der Waals surface area (Å²) in [4.78, 5) is 26.0. The van der Waals surface area contributed by atoms with E-state index in [1.807, 2.05) is 0 Å². The van der Waals surface area contributed by atoms with Gasteiger partial charge in [-0.05, 0) is 44.7 Å². The number of halogens is 1. The van der Waals surface area contributed by atoms with Crippen LogP contribution in [0.15, 0.2) is 29.6 Å². The molecule has 0 atom stereocenters. The Balaban J connectivity index is 1.33. The number of thiophene rings is 1. The number of aryl methyl sites for hydroxylation is 1. The molecule has 1 saturated heterocycles. The van der Waals surface area contributed by atoms with E-state index in [2.05, 4.69) is 22.5 Å². The number of hydrogen-bond donors (Lipinski definition) is 1. The smallest absolute Gasteiger partial charge is 0.227 e. The van der Waals surface area contributed by atoms with E-state index in [1.54, 1.807) is 29.5 Å². The van der Waals surface area contributed by atoms with E-state index >= 15 is 0 Å². The number of fused-ring (bicyclic) bond motifs is 1. The van der Waals surface area contributed by atoms with Crippen LogP contribution in [-0.4, -0.2) is 29.0 Å². The van der Waals surface area contributed by atoms with Gasteiger partial charge in [-0.15, -0.1) is 11.3 Å². The predicted molar refractivity (Wildman–Crippen MR) is 119 cm³/mol. The van der Waals surface area contributed by atoms with Crippen molar-refractivity contribution in [3.63, 3.8) is 0 Å². The van der Waals surface area contributed by atoms with Crippen molar-refractivity contribution in [3.8, 4) is 0 Å². The Morgan fingerprint density at radius 3 is 2.63 bits per heavy atom. The maximum absolute atomic E-state index is 13.9. The normalized spacial score (nSPS) is 17.9. The van der Waals surface area contributed by atoms with Crippen molar-refractivity contribution in [2.75, 3.05) is 23.3 Å². The average molecular weight is 425 g/mol. The van der Waals surface area contributed by atoms with Crippen molar-refractivity contribution in [2.24, 2.45) is 5.92 Å². The van der Waals surface area contributed by atoms with Gasteiger partial charge in [0.25, 0.3) is 0 Å². The summed E-state index contributed by atoms with van der Waals surface area (Å²) in [5.74, 6) is 1.86. The largest absolute Gasteiger partial charge is 0.356 e. The highest BCUT2D eigenvalue weighted by Gasteiger charge is 2.30. The first-order chi connectivity index (χ1) is 14.6. The van der Waals surface area contributed by atoms with Crippen LogP contribution in [0, 0.1) is 18.7 Å². The summed E-state index contributed by atoms with van der Waals surface area (Å²) in [5, 5.41) is 6.03. The summed E-state index contributed by atoms with van der Waals surface area (Å²) < 4.78 is 13.9. The number of para-hydroxylation sites is 1. The highest BCUT2D eigenvalue weighted by molar-refractivity contribution is 7.11. The fraction of sp³-hybridized carbons (Fsp3) is 0.435. The van der Waals surface area contributed by atoms with Gasteiger partial charge in [0, 0.05) is 35.2 Å². The molecule has 1 aliphatic heterocycles. The number of rotatable bonds is 4. The van der Waals surface area contributed by atoms with Crippen molar-refractivity contribution in [1.29, 1.82) is 0 Å². The molecule has 1 N–H and O–H groups in total. The lowest BCUT2D eigenvalue weighted by Gasteiger charge is -2.33. The molecule has 1 aliphatic carbocycles. The first kappa shape index (κ1) is 19.4. The third-order valence-corrected chi connectivity index (χ3v) is 7.30. The third kappa shape index (κ3) is 3.55. The highest BCUT2D eigenvalue weighted by Crippen LogP contribution is 2.39.